The first-order valence-corrected chi connectivity index (χ1v) is 11.0. The van der Waals surface area contributed by atoms with Crippen molar-refractivity contribution >= 4 is 41.5 Å². The maximum atomic E-state index is 12.4. The molecule has 0 saturated heterocycles. The Kier molecular flexibility index (Phi) is 11.6. The Morgan fingerprint density at radius 1 is 1.15 bits per heavy atom. The summed E-state index contributed by atoms with van der Waals surface area (Å²) in [4.78, 5) is 21.2. The maximum Gasteiger partial charge on any atom is 0.240 e. The molecule has 0 spiro atoms. The number of aryl methyl sites for hydroxylation is 1. The minimum atomic E-state index is -0.277. The fourth-order valence-corrected chi connectivity index (χ4v) is 3.12. The number of hydrogen-bond acceptors (Lipinski definition) is 5. The van der Waals surface area contributed by atoms with Crippen LogP contribution in [0.2, 0.25) is 0 Å². The molecule has 33 heavy (non-hydrogen) atoms. The number of para-hydroxylation sites is 1. The highest BCUT2D eigenvalue weighted by Crippen LogP contribution is 2.10. The predicted octanol–water partition coefficient (Wildman–Crippen LogP) is 2.56. The number of aliphatic imine (C=N–C) groups is 1. The van der Waals surface area contributed by atoms with Gasteiger partial charge in [-0.05, 0) is 46.2 Å². The van der Waals surface area contributed by atoms with Gasteiger partial charge < -0.3 is 25.0 Å². The Labute approximate surface area is 215 Å². The van der Waals surface area contributed by atoms with Crippen LogP contribution in [0, 0.1) is 6.92 Å². The molecule has 184 valence electrons. The van der Waals surface area contributed by atoms with Crippen LogP contribution in [0.1, 0.15) is 38.8 Å². The number of benzene rings is 1. The molecule has 2 N–H and O–H groups in total. The molecule has 0 aliphatic heterocycles. The van der Waals surface area contributed by atoms with Gasteiger partial charge >= 0.3 is 0 Å². The molecule has 1 amide bonds. The minimum Gasteiger partial charge on any atom is -0.375 e. The first-order chi connectivity index (χ1) is 15.1. The van der Waals surface area contributed by atoms with Crippen LogP contribution >= 0.6 is 24.0 Å². The van der Waals surface area contributed by atoms with E-state index in [1.807, 2.05) is 69.5 Å². The van der Waals surface area contributed by atoms with Gasteiger partial charge in [-0.2, -0.15) is 0 Å². The van der Waals surface area contributed by atoms with Crippen LogP contribution in [0.5, 0.6) is 0 Å². The van der Waals surface area contributed by atoms with E-state index in [0.29, 0.717) is 12.5 Å². The molecule has 0 atom stereocenters. The zero-order chi connectivity index (χ0) is 23.7. The summed E-state index contributed by atoms with van der Waals surface area (Å²) < 4.78 is 1.92. The molecule has 0 unspecified atom stereocenters. The minimum absolute atomic E-state index is 0. The fourth-order valence-electron chi connectivity index (χ4n) is 3.12. The second-order valence-electron chi connectivity index (χ2n) is 9.05. The maximum absolute atomic E-state index is 12.4. The van der Waals surface area contributed by atoms with Gasteiger partial charge in [0, 0.05) is 45.5 Å². The smallest absolute Gasteiger partial charge is 0.240 e. The predicted molar refractivity (Wildman–Crippen MR) is 145 cm³/mol. The largest absolute Gasteiger partial charge is 0.375 e. The van der Waals surface area contributed by atoms with E-state index >= 15 is 0 Å². The van der Waals surface area contributed by atoms with Gasteiger partial charge in [0.15, 0.2) is 11.8 Å². The van der Waals surface area contributed by atoms with Crippen LogP contribution < -0.4 is 15.5 Å². The highest BCUT2D eigenvalue weighted by atomic mass is 127. The van der Waals surface area contributed by atoms with Gasteiger partial charge in [0.1, 0.15) is 12.4 Å². The average Bonchev–Trinajstić information content (AvgIpc) is 3.04. The molecule has 0 radical (unpaired) electrons. The monoisotopic (exact) mass is 570 g/mol. The van der Waals surface area contributed by atoms with Gasteiger partial charge in [-0.25, -0.2) is 4.99 Å². The molecule has 2 rings (SSSR count). The molecular formula is C23H39IN8O. The molecule has 10 heteroatoms. The van der Waals surface area contributed by atoms with Crippen LogP contribution in [0.3, 0.4) is 0 Å². The molecule has 0 bridgehead atoms. The van der Waals surface area contributed by atoms with Crippen LogP contribution in [-0.2, 0) is 18.4 Å². The van der Waals surface area contributed by atoms with Crippen molar-refractivity contribution in [2.75, 3.05) is 38.6 Å². The fraction of sp³-hybridized carbons (Fsp3) is 0.565. The van der Waals surface area contributed by atoms with Gasteiger partial charge in [-0.3, -0.25) is 4.79 Å². The topological polar surface area (TPSA) is 90.7 Å². The lowest BCUT2D eigenvalue weighted by atomic mass is 10.1. The van der Waals surface area contributed by atoms with Crippen LogP contribution in [-0.4, -0.2) is 70.8 Å². The van der Waals surface area contributed by atoms with E-state index in [9.17, 15) is 4.79 Å². The summed E-state index contributed by atoms with van der Waals surface area (Å²) >= 11 is 0. The number of halogens is 1. The van der Waals surface area contributed by atoms with Gasteiger partial charge in [-0.1, -0.05) is 18.2 Å². The van der Waals surface area contributed by atoms with Crippen molar-refractivity contribution in [3.8, 4) is 0 Å². The lowest BCUT2D eigenvalue weighted by molar-refractivity contribution is -0.122. The van der Waals surface area contributed by atoms with E-state index in [-0.39, 0.29) is 42.0 Å². The molecule has 0 fully saturated rings. The Morgan fingerprint density at radius 2 is 1.82 bits per heavy atom. The molecule has 0 aliphatic carbocycles. The zero-order valence-electron chi connectivity index (χ0n) is 20.9. The van der Waals surface area contributed by atoms with Crippen molar-refractivity contribution in [1.29, 1.82) is 0 Å². The molecule has 9 nitrogen and oxygen atoms in total. The zero-order valence-corrected chi connectivity index (χ0v) is 23.3. The van der Waals surface area contributed by atoms with Gasteiger partial charge in [0.25, 0.3) is 0 Å². The average molecular weight is 571 g/mol. The molecule has 1 heterocycles. The molecule has 0 aliphatic rings. The lowest BCUT2D eigenvalue weighted by Gasteiger charge is -2.26. The number of aromatic nitrogens is 3. The molecule has 0 saturated carbocycles. The van der Waals surface area contributed by atoms with Crippen molar-refractivity contribution in [1.82, 2.24) is 30.3 Å². The summed E-state index contributed by atoms with van der Waals surface area (Å²) in [6, 6.07) is 10.3. The quantitative estimate of drug-likeness (QED) is 0.209. The van der Waals surface area contributed by atoms with Crippen LogP contribution in [0.4, 0.5) is 5.69 Å². The number of rotatable bonds is 9. The van der Waals surface area contributed by atoms with Crippen molar-refractivity contribution < 1.29 is 4.79 Å². The number of carbonyl (C=O) groups excluding carboxylic acids is 1. The summed E-state index contributed by atoms with van der Waals surface area (Å²) in [7, 11) is 5.88. The number of anilines is 1. The SMILES string of the molecule is Cc1nnc(CN=C(NCCCN(C)c2ccccc2)N(C)CC(=O)NC(C)(C)C)n1C.I. The van der Waals surface area contributed by atoms with E-state index in [2.05, 4.69) is 44.9 Å². The number of carbonyl (C=O) groups is 1. The molecule has 1 aromatic heterocycles. The van der Waals surface area contributed by atoms with Crippen LogP contribution in [0.15, 0.2) is 35.3 Å². The Bertz CT molecular complexity index is 892. The number of amides is 1. The number of likely N-dealkylation sites (N-methyl/N-ethyl adjacent to an activating group) is 1. The van der Waals surface area contributed by atoms with Crippen LogP contribution in [0.25, 0.3) is 0 Å². The van der Waals surface area contributed by atoms with Gasteiger partial charge in [-0.15, -0.1) is 34.2 Å². The van der Waals surface area contributed by atoms with E-state index < -0.39 is 0 Å². The summed E-state index contributed by atoms with van der Waals surface area (Å²) in [5, 5.41) is 14.7. The third kappa shape index (κ3) is 9.97. The van der Waals surface area contributed by atoms with Crippen molar-refractivity contribution in [2.45, 2.75) is 46.2 Å². The Morgan fingerprint density at radius 3 is 2.39 bits per heavy atom. The number of guanidine groups is 1. The number of nitrogens with one attached hydrogen (secondary N) is 2. The standard InChI is InChI=1S/C23H38N8O.HI/c1-18-27-28-20(31(18)7)16-25-22(30(6)17-21(32)26-23(2,3)4)24-14-11-15-29(5)19-12-9-8-10-13-19;/h8-10,12-13H,11,14-17H2,1-7H3,(H,24,25)(H,26,32);1H. The highest BCUT2D eigenvalue weighted by Gasteiger charge is 2.17. The van der Waals surface area contributed by atoms with Crippen molar-refractivity contribution in [3.63, 3.8) is 0 Å². The number of hydrogen-bond donors (Lipinski definition) is 2. The highest BCUT2D eigenvalue weighted by molar-refractivity contribution is 14.0. The summed E-state index contributed by atoms with van der Waals surface area (Å²) in [6.45, 7) is 10.1. The van der Waals surface area contributed by atoms with E-state index in [1.165, 1.54) is 5.69 Å². The first kappa shape index (κ1) is 28.7. The van der Waals surface area contributed by atoms with E-state index in [0.717, 1.165) is 31.2 Å². The summed E-state index contributed by atoms with van der Waals surface area (Å²) in [5.74, 6) is 2.23. The van der Waals surface area contributed by atoms with Gasteiger partial charge in [0.05, 0.1) is 6.54 Å². The molecule has 1 aromatic carbocycles. The molecular weight excluding hydrogens is 531 g/mol. The van der Waals surface area contributed by atoms with Crippen molar-refractivity contribution in [2.24, 2.45) is 12.0 Å². The van der Waals surface area contributed by atoms with Gasteiger partial charge in [0.2, 0.25) is 5.91 Å². The molecule has 2 aromatic rings. The second kappa shape index (κ2) is 13.4. The third-order valence-electron chi connectivity index (χ3n) is 4.96. The summed E-state index contributed by atoms with van der Waals surface area (Å²) in [5.41, 5.74) is 0.913. The first-order valence-electron chi connectivity index (χ1n) is 11.0. The van der Waals surface area contributed by atoms with E-state index in [1.54, 1.807) is 0 Å². The second-order valence-corrected chi connectivity index (χ2v) is 9.05. The Balaban J connectivity index is 0.00000544. The number of nitrogens with zero attached hydrogens (tertiary/aromatic N) is 6. The van der Waals surface area contributed by atoms with Crippen molar-refractivity contribution in [3.05, 3.63) is 42.0 Å². The van der Waals surface area contributed by atoms with E-state index in [4.69, 9.17) is 4.99 Å². The Hall–Kier alpha value is -2.37. The summed E-state index contributed by atoms with van der Waals surface area (Å²) in [6.07, 6.45) is 0.926. The normalized spacial score (nSPS) is 11.5. The third-order valence-corrected chi connectivity index (χ3v) is 4.96. The lowest BCUT2D eigenvalue weighted by Crippen LogP contribution is -2.49.